The fourth-order valence-electron chi connectivity index (χ4n) is 4.11. The minimum Gasteiger partial charge on any atom is -0.462 e. The Hall–Kier alpha value is -1.54. The molecule has 2 aliphatic rings. The van der Waals surface area contributed by atoms with Gasteiger partial charge in [-0.25, -0.2) is 9.18 Å². The molecule has 2 saturated heterocycles. The zero-order valence-electron chi connectivity index (χ0n) is 16.3. The number of thiophene rings is 1. The Labute approximate surface area is 169 Å². The Balaban J connectivity index is 1.48. The molecule has 1 aromatic carbocycles. The number of halogens is 1. The molecule has 5 nitrogen and oxygen atoms in total. The quantitative estimate of drug-likeness (QED) is 0.687. The summed E-state index contributed by atoms with van der Waals surface area (Å²) < 4.78 is 26.3. The monoisotopic (exact) mass is 406 g/mol. The molecule has 2 aliphatic heterocycles. The maximum absolute atomic E-state index is 14.6. The molecule has 0 amide bonds. The Bertz CT molecular complexity index is 826. The van der Waals surface area contributed by atoms with Crippen molar-refractivity contribution in [1.82, 2.24) is 9.80 Å². The molecule has 4 rings (SSSR count). The lowest BCUT2D eigenvalue weighted by atomic mass is 10.1. The van der Waals surface area contributed by atoms with Gasteiger partial charge in [-0.1, -0.05) is 6.07 Å². The third-order valence-electron chi connectivity index (χ3n) is 5.56. The molecule has 1 unspecified atom stereocenters. The molecule has 1 aromatic heterocycles. The number of benzene rings is 1. The van der Waals surface area contributed by atoms with Crippen molar-refractivity contribution in [3.05, 3.63) is 34.5 Å². The lowest BCUT2D eigenvalue weighted by Gasteiger charge is -2.35. The van der Waals surface area contributed by atoms with Gasteiger partial charge in [0.2, 0.25) is 0 Å². The van der Waals surface area contributed by atoms with Gasteiger partial charge < -0.3 is 9.47 Å². The molecule has 0 bridgehead atoms. The normalized spacial score (nSPS) is 21.4. The number of nitrogens with zero attached hydrogens (tertiary/aromatic N) is 2. The summed E-state index contributed by atoms with van der Waals surface area (Å²) >= 11 is 1.33. The second kappa shape index (κ2) is 8.86. The first kappa shape index (κ1) is 19.8. The summed E-state index contributed by atoms with van der Waals surface area (Å²) in [7, 11) is 0. The minimum atomic E-state index is -0.352. The van der Waals surface area contributed by atoms with E-state index in [0.29, 0.717) is 29.5 Å². The predicted molar refractivity (Wildman–Crippen MR) is 108 cm³/mol. The summed E-state index contributed by atoms with van der Waals surface area (Å²) in [6, 6.07) is 5.03. The number of esters is 1. The summed E-state index contributed by atoms with van der Waals surface area (Å²) in [5.41, 5.74) is 0.768. The lowest BCUT2D eigenvalue weighted by Crippen LogP contribution is -2.48. The van der Waals surface area contributed by atoms with E-state index < -0.39 is 0 Å². The van der Waals surface area contributed by atoms with Gasteiger partial charge in [0.1, 0.15) is 10.7 Å². The van der Waals surface area contributed by atoms with Crippen LogP contribution in [0.3, 0.4) is 0 Å². The SMILES string of the molecule is CCOC(=O)c1sc2cccc(F)c2c1CN1CCN(CC2CCCO2)CC1. The van der Waals surface area contributed by atoms with E-state index >= 15 is 0 Å². The summed E-state index contributed by atoms with van der Waals surface area (Å²) in [4.78, 5) is 17.7. The standard InChI is InChI=1S/C21H27FN2O3S/c1-2-26-21(25)20-16(19-17(22)6-3-7-18(19)28-20)14-24-10-8-23(9-11-24)13-15-5-4-12-27-15/h3,6-7,15H,2,4-5,8-14H2,1H3. The topological polar surface area (TPSA) is 42.0 Å². The van der Waals surface area contributed by atoms with Crippen molar-refractivity contribution >= 4 is 27.4 Å². The van der Waals surface area contributed by atoms with Crippen LogP contribution in [0.5, 0.6) is 0 Å². The molecule has 152 valence electrons. The minimum absolute atomic E-state index is 0.267. The highest BCUT2D eigenvalue weighted by Gasteiger charge is 2.26. The van der Waals surface area contributed by atoms with E-state index in [-0.39, 0.29) is 11.8 Å². The molecule has 3 heterocycles. The smallest absolute Gasteiger partial charge is 0.348 e. The van der Waals surface area contributed by atoms with Crippen molar-refractivity contribution in [2.75, 3.05) is 45.9 Å². The summed E-state index contributed by atoms with van der Waals surface area (Å²) in [6.07, 6.45) is 2.69. The lowest BCUT2D eigenvalue weighted by molar-refractivity contribution is 0.0479. The van der Waals surface area contributed by atoms with Crippen LogP contribution >= 0.6 is 11.3 Å². The van der Waals surface area contributed by atoms with Crippen LogP contribution in [0, 0.1) is 5.82 Å². The van der Waals surface area contributed by atoms with Gasteiger partial charge in [0.05, 0.1) is 12.7 Å². The molecule has 0 spiro atoms. The summed E-state index contributed by atoms with van der Waals surface area (Å²) in [5, 5.41) is 0.567. The van der Waals surface area contributed by atoms with Crippen molar-refractivity contribution in [1.29, 1.82) is 0 Å². The molecule has 0 radical (unpaired) electrons. The predicted octanol–water partition coefficient (Wildman–Crippen LogP) is 3.51. The van der Waals surface area contributed by atoms with Crippen molar-refractivity contribution in [2.24, 2.45) is 0 Å². The van der Waals surface area contributed by atoms with E-state index in [1.165, 1.54) is 17.4 Å². The molecule has 28 heavy (non-hydrogen) atoms. The second-order valence-corrected chi connectivity index (χ2v) is 8.51. The van der Waals surface area contributed by atoms with Gasteiger partial charge in [-0.3, -0.25) is 9.80 Å². The molecule has 7 heteroatoms. The van der Waals surface area contributed by atoms with Gasteiger partial charge in [-0.05, 0) is 31.9 Å². The van der Waals surface area contributed by atoms with Crippen LogP contribution in [-0.4, -0.2) is 67.8 Å². The van der Waals surface area contributed by atoms with Crippen LogP contribution in [0.2, 0.25) is 0 Å². The second-order valence-electron chi connectivity index (χ2n) is 7.45. The van der Waals surface area contributed by atoms with E-state index in [9.17, 15) is 9.18 Å². The first-order chi connectivity index (χ1) is 13.7. The van der Waals surface area contributed by atoms with Gasteiger partial charge in [0.25, 0.3) is 0 Å². The Morgan fingerprint density at radius 2 is 2.07 bits per heavy atom. The van der Waals surface area contributed by atoms with Gasteiger partial charge in [0, 0.05) is 61.5 Å². The number of carbonyl (C=O) groups excluding carboxylic acids is 1. The number of hydrogen-bond acceptors (Lipinski definition) is 6. The third-order valence-corrected chi connectivity index (χ3v) is 6.73. The average Bonchev–Trinajstić information content (AvgIpc) is 3.32. The molecule has 1 atom stereocenters. The fraction of sp³-hybridized carbons (Fsp3) is 0.571. The number of fused-ring (bicyclic) bond motifs is 1. The highest BCUT2D eigenvalue weighted by Crippen LogP contribution is 2.35. The Kier molecular flexibility index (Phi) is 6.25. The van der Waals surface area contributed by atoms with E-state index in [2.05, 4.69) is 9.80 Å². The number of hydrogen-bond donors (Lipinski definition) is 0. The fourth-order valence-corrected chi connectivity index (χ4v) is 5.23. The van der Waals surface area contributed by atoms with Crippen LogP contribution < -0.4 is 0 Å². The van der Waals surface area contributed by atoms with Crippen LogP contribution in [-0.2, 0) is 16.0 Å². The van der Waals surface area contributed by atoms with Gasteiger partial charge in [0.15, 0.2) is 0 Å². The maximum atomic E-state index is 14.6. The van der Waals surface area contributed by atoms with Crippen molar-refractivity contribution in [3.8, 4) is 0 Å². The van der Waals surface area contributed by atoms with Gasteiger partial charge >= 0.3 is 5.97 Å². The van der Waals surface area contributed by atoms with Crippen LogP contribution in [0.15, 0.2) is 18.2 Å². The maximum Gasteiger partial charge on any atom is 0.348 e. The first-order valence-corrected chi connectivity index (χ1v) is 10.9. The van der Waals surface area contributed by atoms with E-state index in [0.717, 1.165) is 62.4 Å². The number of piperazine rings is 1. The molecule has 2 fully saturated rings. The summed E-state index contributed by atoms with van der Waals surface area (Å²) in [6.45, 7) is 8.31. The Morgan fingerprint density at radius 1 is 1.29 bits per heavy atom. The highest BCUT2D eigenvalue weighted by molar-refractivity contribution is 7.21. The van der Waals surface area contributed by atoms with E-state index in [1.807, 2.05) is 6.07 Å². The average molecular weight is 407 g/mol. The van der Waals surface area contributed by atoms with Crippen LogP contribution in [0.1, 0.15) is 35.0 Å². The molecule has 2 aromatic rings. The highest BCUT2D eigenvalue weighted by atomic mass is 32.1. The van der Waals surface area contributed by atoms with Crippen molar-refractivity contribution in [3.63, 3.8) is 0 Å². The third kappa shape index (κ3) is 4.22. The molecular formula is C21H27FN2O3S. The van der Waals surface area contributed by atoms with Gasteiger partial charge in [-0.15, -0.1) is 11.3 Å². The first-order valence-electron chi connectivity index (χ1n) is 10.1. The largest absolute Gasteiger partial charge is 0.462 e. The van der Waals surface area contributed by atoms with Crippen LogP contribution in [0.25, 0.3) is 10.1 Å². The molecular weight excluding hydrogens is 379 g/mol. The molecule has 0 aliphatic carbocycles. The van der Waals surface area contributed by atoms with E-state index in [1.54, 1.807) is 13.0 Å². The van der Waals surface area contributed by atoms with Crippen molar-refractivity contribution < 1.29 is 18.7 Å². The molecule has 0 saturated carbocycles. The van der Waals surface area contributed by atoms with Gasteiger partial charge in [-0.2, -0.15) is 0 Å². The zero-order valence-corrected chi connectivity index (χ0v) is 17.1. The number of rotatable bonds is 6. The zero-order chi connectivity index (χ0) is 19.5. The van der Waals surface area contributed by atoms with Crippen molar-refractivity contribution in [2.45, 2.75) is 32.4 Å². The van der Waals surface area contributed by atoms with Crippen LogP contribution in [0.4, 0.5) is 4.39 Å². The number of ether oxygens (including phenoxy) is 2. The Morgan fingerprint density at radius 3 is 2.79 bits per heavy atom. The van der Waals surface area contributed by atoms with E-state index in [4.69, 9.17) is 9.47 Å². The summed E-state index contributed by atoms with van der Waals surface area (Å²) in [5.74, 6) is -0.619. The molecule has 0 N–H and O–H groups in total. The number of carbonyl (C=O) groups is 1.